The summed E-state index contributed by atoms with van der Waals surface area (Å²) in [5.41, 5.74) is 4.33. The van der Waals surface area contributed by atoms with Gasteiger partial charge in [-0.3, -0.25) is 0 Å². The smallest absolute Gasteiger partial charge is 0.114 e. The standard InChI is InChI=1S/C25H32ClNO6/c1-4-32-27-21(14(2)3)16-7-5-15(6-8-16)11-18-12-17(9-10-19(18)26)25-24(31)23(30)22(29)20(13-28)33-25/h5-10,12,14,20,22-25,28-31H,4,11,13H2,1-3H3/t20-,22-,23+,24-,25+/m1/s1. The third kappa shape index (κ3) is 5.93. The summed E-state index contributed by atoms with van der Waals surface area (Å²) in [5, 5.41) is 44.8. The van der Waals surface area contributed by atoms with Gasteiger partial charge in [0, 0.05) is 5.02 Å². The van der Waals surface area contributed by atoms with Crippen LogP contribution in [0.1, 0.15) is 49.1 Å². The Labute approximate surface area is 199 Å². The van der Waals surface area contributed by atoms with Gasteiger partial charge >= 0.3 is 0 Å². The second-order valence-corrected chi connectivity index (χ2v) is 8.93. The molecule has 180 valence electrons. The van der Waals surface area contributed by atoms with Gasteiger partial charge in [0.15, 0.2) is 0 Å². The fourth-order valence-electron chi connectivity index (χ4n) is 3.92. The van der Waals surface area contributed by atoms with Gasteiger partial charge in [-0.05, 0) is 47.6 Å². The normalized spacial score (nSPS) is 26.0. The molecule has 8 heteroatoms. The molecule has 1 aliphatic heterocycles. The molecule has 0 aromatic heterocycles. The Kier molecular flexibility index (Phi) is 8.87. The van der Waals surface area contributed by atoms with Crippen molar-refractivity contribution in [3.05, 3.63) is 69.7 Å². The maximum absolute atomic E-state index is 10.4. The van der Waals surface area contributed by atoms with E-state index in [9.17, 15) is 20.4 Å². The summed E-state index contributed by atoms with van der Waals surface area (Å²) in [6.07, 6.45) is -5.48. The van der Waals surface area contributed by atoms with E-state index >= 15 is 0 Å². The number of rotatable bonds is 8. The SMILES string of the molecule is CCON=C(c1ccc(Cc2cc([C@@H]3O[C@H](CO)[C@@H](O)[C@H](O)[C@H]3O)ccc2Cl)cc1)C(C)C. The van der Waals surface area contributed by atoms with Gasteiger partial charge in [0.2, 0.25) is 0 Å². The van der Waals surface area contributed by atoms with Crippen LogP contribution in [0.3, 0.4) is 0 Å². The van der Waals surface area contributed by atoms with Gasteiger partial charge in [-0.15, -0.1) is 0 Å². The number of aliphatic hydroxyl groups excluding tert-OH is 4. The molecule has 0 saturated carbocycles. The molecule has 7 nitrogen and oxygen atoms in total. The molecule has 33 heavy (non-hydrogen) atoms. The molecule has 1 heterocycles. The second kappa shape index (κ2) is 11.4. The predicted molar refractivity (Wildman–Crippen MR) is 126 cm³/mol. The van der Waals surface area contributed by atoms with Gasteiger partial charge in [0.1, 0.15) is 37.1 Å². The molecule has 0 spiro atoms. The van der Waals surface area contributed by atoms with E-state index in [0.29, 0.717) is 23.6 Å². The van der Waals surface area contributed by atoms with Crippen molar-refractivity contribution in [3.8, 4) is 0 Å². The predicted octanol–water partition coefficient (Wildman–Crippen LogP) is 2.84. The topological polar surface area (TPSA) is 112 Å². The van der Waals surface area contributed by atoms with Crippen LogP contribution in [0.2, 0.25) is 5.02 Å². The highest BCUT2D eigenvalue weighted by Crippen LogP contribution is 2.34. The van der Waals surface area contributed by atoms with Gasteiger partial charge in [0.05, 0.1) is 12.3 Å². The lowest BCUT2D eigenvalue weighted by atomic mass is 9.90. The molecule has 0 radical (unpaired) electrons. The largest absolute Gasteiger partial charge is 0.396 e. The zero-order valence-corrected chi connectivity index (χ0v) is 19.8. The van der Waals surface area contributed by atoms with Crippen LogP contribution in [-0.2, 0) is 16.0 Å². The summed E-state index contributed by atoms with van der Waals surface area (Å²) in [6.45, 7) is 6.06. The molecule has 0 aliphatic carbocycles. The van der Waals surface area contributed by atoms with Crippen LogP contribution in [0, 0.1) is 5.92 Å². The highest BCUT2D eigenvalue weighted by molar-refractivity contribution is 6.31. The van der Waals surface area contributed by atoms with Crippen LogP contribution in [-0.4, -0.2) is 63.8 Å². The van der Waals surface area contributed by atoms with Gasteiger partial charge in [0.25, 0.3) is 0 Å². The lowest BCUT2D eigenvalue weighted by Crippen LogP contribution is -2.55. The molecule has 1 fully saturated rings. The molecule has 4 N–H and O–H groups in total. The third-order valence-electron chi connectivity index (χ3n) is 5.77. The first kappa shape index (κ1) is 25.6. The lowest BCUT2D eigenvalue weighted by molar-refractivity contribution is -0.231. The average Bonchev–Trinajstić information content (AvgIpc) is 2.80. The van der Waals surface area contributed by atoms with Crippen molar-refractivity contribution in [1.82, 2.24) is 0 Å². The Hall–Kier alpha value is -2.00. The van der Waals surface area contributed by atoms with Gasteiger partial charge < -0.3 is 30.0 Å². The second-order valence-electron chi connectivity index (χ2n) is 8.52. The molecule has 5 atom stereocenters. The van der Waals surface area contributed by atoms with E-state index < -0.39 is 37.1 Å². The van der Waals surface area contributed by atoms with Crippen molar-refractivity contribution in [3.63, 3.8) is 0 Å². The van der Waals surface area contributed by atoms with Crippen LogP contribution in [0.5, 0.6) is 0 Å². The number of ether oxygens (including phenoxy) is 1. The molecule has 2 aromatic rings. The van der Waals surface area contributed by atoms with E-state index in [1.54, 1.807) is 12.1 Å². The summed E-state index contributed by atoms with van der Waals surface area (Å²) in [4.78, 5) is 5.25. The quantitative estimate of drug-likeness (QED) is 0.343. The van der Waals surface area contributed by atoms with Crippen molar-refractivity contribution >= 4 is 17.3 Å². The molecule has 0 unspecified atom stereocenters. The zero-order chi connectivity index (χ0) is 24.1. The van der Waals surface area contributed by atoms with E-state index in [1.807, 2.05) is 37.3 Å². The van der Waals surface area contributed by atoms with Gasteiger partial charge in [-0.1, -0.05) is 67.0 Å². The fourth-order valence-corrected chi connectivity index (χ4v) is 4.11. The minimum atomic E-state index is -1.43. The Balaban J connectivity index is 1.82. The molecular weight excluding hydrogens is 446 g/mol. The van der Waals surface area contributed by atoms with Crippen molar-refractivity contribution in [2.45, 2.75) is 57.7 Å². The monoisotopic (exact) mass is 477 g/mol. The van der Waals surface area contributed by atoms with Gasteiger partial charge in [-0.25, -0.2) is 0 Å². The zero-order valence-electron chi connectivity index (χ0n) is 19.1. The highest BCUT2D eigenvalue weighted by Gasteiger charge is 2.44. The molecule has 0 bridgehead atoms. The highest BCUT2D eigenvalue weighted by atomic mass is 35.5. The Morgan fingerprint density at radius 3 is 2.36 bits per heavy atom. The summed E-state index contributed by atoms with van der Waals surface area (Å²) >= 11 is 6.44. The molecule has 2 aromatic carbocycles. The van der Waals surface area contributed by atoms with E-state index in [4.69, 9.17) is 21.2 Å². The fraction of sp³-hybridized carbons (Fsp3) is 0.480. The van der Waals surface area contributed by atoms with E-state index in [2.05, 4.69) is 19.0 Å². The molecule has 3 rings (SSSR count). The third-order valence-corrected chi connectivity index (χ3v) is 6.14. The maximum Gasteiger partial charge on any atom is 0.114 e. The molecular formula is C25H32ClNO6. The van der Waals surface area contributed by atoms with Crippen LogP contribution in [0.15, 0.2) is 47.6 Å². The van der Waals surface area contributed by atoms with Crippen molar-refractivity contribution in [1.29, 1.82) is 0 Å². The maximum atomic E-state index is 10.4. The Morgan fingerprint density at radius 2 is 1.76 bits per heavy atom. The summed E-state index contributed by atoms with van der Waals surface area (Å²) in [5.74, 6) is 0.215. The van der Waals surface area contributed by atoms with Gasteiger partial charge in [-0.2, -0.15) is 0 Å². The molecule has 1 saturated heterocycles. The van der Waals surface area contributed by atoms with Crippen molar-refractivity contribution in [2.24, 2.45) is 11.1 Å². The Morgan fingerprint density at radius 1 is 1.06 bits per heavy atom. The van der Waals surface area contributed by atoms with E-state index in [-0.39, 0.29) is 5.92 Å². The minimum absolute atomic E-state index is 0.215. The summed E-state index contributed by atoms with van der Waals surface area (Å²) in [6, 6.07) is 13.3. The first-order valence-electron chi connectivity index (χ1n) is 11.1. The van der Waals surface area contributed by atoms with Crippen LogP contribution in [0.4, 0.5) is 0 Å². The number of oxime groups is 1. The van der Waals surface area contributed by atoms with Crippen molar-refractivity contribution < 1.29 is 30.0 Å². The lowest BCUT2D eigenvalue weighted by Gasteiger charge is -2.40. The number of hydrogen-bond donors (Lipinski definition) is 4. The molecule has 1 aliphatic rings. The number of aliphatic hydroxyl groups is 4. The van der Waals surface area contributed by atoms with Crippen molar-refractivity contribution in [2.75, 3.05) is 13.2 Å². The summed E-state index contributed by atoms with van der Waals surface area (Å²) in [7, 11) is 0. The van der Waals surface area contributed by atoms with E-state index in [0.717, 1.165) is 22.4 Å². The van der Waals surface area contributed by atoms with Crippen LogP contribution in [0.25, 0.3) is 0 Å². The number of benzene rings is 2. The first-order valence-corrected chi connectivity index (χ1v) is 11.5. The summed E-state index contributed by atoms with van der Waals surface area (Å²) < 4.78 is 5.68. The first-order chi connectivity index (χ1) is 15.8. The Bertz CT molecular complexity index is 946. The number of nitrogens with zero attached hydrogens (tertiary/aromatic N) is 1. The number of hydrogen-bond acceptors (Lipinski definition) is 7. The van der Waals surface area contributed by atoms with Crippen LogP contribution < -0.4 is 0 Å². The number of halogens is 1. The molecule has 0 amide bonds. The average molecular weight is 478 g/mol. The van der Waals surface area contributed by atoms with Crippen LogP contribution >= 0.6 is 11.6 Å². The van der Waals surface area contributed by atoms with E-state index in [1.165, 1.54) is 0 Å². The minimum Gasteiger partial charge on any atom is -0.396 e.